The summed E-state index contributed by atoms with van der Waals surface area (Å²) in [5.74, 6) is 0.429. The Kier molecular flexibility index (Phi) is 8.42. The summed E-state index contributed by atoms with van der Waals surface area (Å²) < 4.78 is 31.2. The Labute approximate surface area is 228 Å². The molecule has 1 aliphatic carbocycles. The molecule has 1 atom stereocenters. The van der Waals surface area contributed by atoms with Crippen LogP contribution in [0, 0.1) is 11.7 Å². The molecule has 3 aliphatic rings. The number of amides is 2. The predicted molar refractivity (Wildman–Crippen MR) is 143 cm³/mol. The number of ether oxygens (including phenoxy) is 3. The molecule has 9 nitrogen and oxygen atoms in total. The Bertz CT molecular complexity index is 1230. The Morgan fingerprint density at radius 1 is 1.10 bits per heavy atom. The Morgan fingerprint density at radius 3 is 2.56 bits per heavy atom. The summed E-state index contributed by atoms with van der Waals surface area (Å²) in [6.45, 7) is 3.97. The number of halogens is 1. The first-order chi connectivity index (χ1) is 19.0. The third-order valence-corrected chi connectivity index (χ3v) is 7.50. The number of carbonyl (C=O) groups is 2. The molecule has 10 heteroatoms. The van der Waals surface area contributed by atoms with Crippen LogP contribution in [0.1, 0.15) is 36.4 Å². The third kappa shape index (κ3) is 6.23. The van der Waals surface area contributed by atoms with Crippen LogP contribution in [-0.2, 0) is 14.3 Å². The van der Waals surface area contributed by atoms with E-state index in [-0.39, 0.29) is 24.3 Å². The SMILES string of the molecule is COc1ccc(OC)c([C@@H]2CC(c3ccccc3F)=NN2C(=O)CN(CCN2CCOCC2)C(=O)C2CC2)c1. The lowest BCUT2D eigenvalue weighted by atomic mass is 9.97. The Balaban J connectivity index is 1.43. The number of methoxy groups -OCH3 is 2. The van der Waals surface area contributed by atoms with E-state index < -0.39 is 11.9 Å². The quantitative estimate of drug-likeness (QED) is 0.462. The molecule has 5 rings (SSSR count). The molecular weight excluding hydrogens is 503 g/mol. The Morgan fingerprint density at radius 2 is 1.87 bits per heavy atom. The van der Waals surface area contributed by atoms with E-state index in [4.69, 9.17) is 14.2 Å². The van der Waals surface area contributed by atoms with Crippen molar-refractivity contribution >= 4 is 17.5 Å². The van der Waals surface area contributed by atoms with Gasteiger partial charge < -0.3 is 19.1 Å². The monoisotopic (exact) mass is 538 g/mol. The van der Waals surface area contributed by atoms with E-state index in [0.717, 1.165) is 25.9 Å². The van der Waals surface area contributed by atoms with Gasteiger partial charge >= 0.3 is 0 Å². The molecule has 0 radical (unpaired) electrons. The van der Waals surface area contributed by atoms with Gasteiger partial charge in [-0.2, -0.15) is 5.10 Å². The molecule has 2 aromatic carbocycles. The molecule has 0 aromatic heterocycles. The second-order valence-electron chi connectivity index (χ2n) is 10.1. The molecule has 208 valence electrons. The molecule has 2 aliphatic heterocycles. The summed E-state index contributed by atoms with van der Waals surface area (Å²) in [5.41, 5.74) is 1.51. The fourth-order valence-electron chi connectivity index (χ4n) is 5.12. The van der Waals surface area contributed by atoms with Crippen LogP contribution in [0.2, 0.25) is 0 Å². The number of hydrogen-bond acceptors (Lipinski definition) is 7. The maximum absolute atomic E-state index is 14.8. The molecule has 1 saturated heterocycles. The molecule has 1 saturated carbocycles. The Hall–Kier alpha value is -3.50. The van der Waals surface area contributed by atoms with E-state index in [1.807, 2.05) is 6.07 Å². The average molecular weight is 539 g/mol. The van der Waals surface area contributed by atoms with Gasteiger partial charge in [0.2, 0.25) is 5.91 Å². The van der Waals surface area contributed by atoms with Gasteiger partial charge in [-0.05, 0) is 37.1 Å². The van der Waals surface area contributed by atoms with Gasteiger partial charge in [0.05, 0.1) is 39.2 Å². The van der Waals surface area contributed by atoms with Gasteiger partial charge in [-0.25, -0.2) is 9.40 Å². The number of morpholine rings is 1. The molecule has 2 heterocycles. The minimum atomic E-state index is -0.547. The van der Waals surface area contributed by atoms with Gasteiger partial charge in [-0.15, -0.1) is 0 Å². The molecule has 2 aromatic rings. The fourth-order valence-corrected chi connectivity index (χ4v) is 5.12. The van der Waals surface area contributed by atoms with Crippen molar-refractivity contribution in [3.05, 3.63) is 59.4 Å². The predicted octanol–water partition coefficient (Wildman–Crippen LogP) is 3.09. The molecular formula is C29H35FN4O5. The number of benzene rings is 2. The van der Waals surface area contributed by atoms with Crippen molar-refractivity contribution in [1.82, 2.24) is 14.8 Å². The van der Waals surface area contributed by atoms with E-state index in [1.165, 1.54) is 11.1 Å². The van der Waals surface area contributed by atoms with Crippen LogP contribution in [0.5, 0.6) is 11.5 Å². The van der Waals surface area contributed by atoms with Crippen LogP contribution in [0.25, 0.3) is 0 Å². The van der Waals surface area contributed by atoms with Gasteiger partial charge in [0.1, 0.15) is 23.9 Å². The lowest BCUT2D eigenvalue weighted by Gasteiger charge is -2.31. The summed E-state index contributed by atoms with van der Waals surface area (Å²) in [7, 11) is 3.13. The minimum Gasteiger partial charge on any atom is -0.497 e. The third-order valence-electron chi connectivity index (χ3n) is 7.50. The molecule has 39 heavy (non-hydrogen) atoms. The maximum Gasteiger partial charge on any atom is 0.262 e. The lowest BCUT2D eigenvalue weighted by molar-refractivity contribution is -0.142. The average Bonchev–Trinajstić information content (AvgIpc) is 3.73. The number of carbonyl (C=O) groups excluding carboxylic acids is 2. The van der Waals surface area contributed by atoms with Crippen molar-refractivity contribution in [2.45, 2.75) is 25.3 Å². The molecule has 2 fully saturated rings. The normalized spacial score (nSPS) is 19.5. The topological polar surface area (TPSA) is 83.9 Å². The molecule has 2 amide bonds. The summed E-state index contributed by atoms with van der Waals surface area (Å²) >= 11 is 0. The molecule has 0 unspecified atom stereocenters. The number of hydrogen-bond donors (Lipinski definition) is 0. The highest BCUT2D eigenvalue weighted by Gasteiger charge is 2.39. The van der Waals surface area contributed by atoms with E-state index in [2.05, 4.69) is 10.0 Å². The second kappa shape index (κ2) is 12.1. The van der Waals surface area contributed by atoms with Crippen molar-refractivity contribution in [3.63, 3.8) is 0 Å². The van der Waals surface area contributed by atoms with Crippen molar-refractivity contribution in [2.75, 3.05) is 60.2 Å². The fraction of sp³-hybridized carbons (Fsp3) is 0.483. The summed E-state index contributed by atoms with van der Waals surface area (Å²) in [5, 5.41) is 6.02. The summed E-state index contributed by atoms with van der Waals surface area (Å²) in [6, 6.07) is 11.2. The van der Waals surface area contributed by atoms with Crippen LogP contribution in [0.15, 0.2) is 47.6 Å². The zero-order valence-corrected chi connectivity index (χ0v) is 22.5. The maximum atomic E-state index is 14.8. The van der Waals surface area contributed by atoms with Crippen LogP contribution >= 0.6 is 0 Å². The largest absolute Gasteiger partial charge is 0.497 e. The first kappa shape index (κ1) is 27.1. The van der Waals surface area contributed by atoms with Crippen LogP contribution in [0.3, 0.4) is 0 Å². The first-order valence-corrected chi connectivity index (χ1v) is 13.4. The number of hydrazone groups is 1. The highest BCUT2D eigenvalue weighted by molar-refractivity contribution is 6.03. The number of nitrogens with zero attached hydrogens (tertiary/aromatic N) is 4. The van der Waals surface area contributed by atoms with Crippen molar-refractivity contribution in [3.8, 4) is 11.5 Å². The van der Waals surface area contributed by atoms with Crippen molar-refractivity contribution in [1.29, 1.82) is 0 Å². The van der Waals surface area contributed by atoms with Crippen molar-refractivity contribution < 1.29 is 28.2 Å². The van der Waals surface area contributed by atoms with Crippen LogP contribution in [-0.4, -0.2) is 92.5 Å². The second-order valence-corrected chi connectivity index (χ2v) is 10.1. The standard InChI is InChI=1S/C29H35FN4O5/c1-37-21-9-10-27(38-2)23(17-21)26-18-25(22-5-3-4-6-24(22)30)31-34(26)28(35)19-33(29(36)20-7-8-20)12-11-32-13-15-39-16-14-32/h3-6,9-10,17,20,26H,7-8,11-16,18-19H2,1-2H3/t26-/m0/s1. The van der Waals surface area contributed by atoms with Gasteiger partial charge in [-0.3, -0.25) is 14.5 Å². The van der Waals surface area contributed by atoms with Gasteiger partial charge in [0.15, 0.2) is 0 Å². The highest BCUT2D eigenvalue weighted by Crippen LogP contribution is 2.40. The number of rotatable bonds is 10. The highest BCUT2D eigenvalue weighted by atomic mass is 19.1. The van der Waals surface area contributed by atoms with E-state index in [9.17, 15) is 14.0 Å². The molecule has 0 N–H and O–H groups in total. The van der Waals surface area contributed by atoms with Gasteiger partial charge in [-0.1, -0.05) is 18.2 Å². The molecule has 0 spiro atoms. The summed E-state index contributed by atoms with van der Waals surface area (Å²) in [6.07, 6.45) is 1.99. The van der Waals surface area contributed by atoms with E-state index in [0.29, 0.717) is 61.1 Å². The molecule has 0 bridgehead atoms. The van der Waals surface area contributed by atoms with E-state index in [1.54, 1.807) is 49.5 Å². The lowest BCUT2D eigenvalue weighted by Crippen LogP contribution is -2.47. The zero-order chi connectivity index (χ0) is 27.4. The van der Waals surface area contributed by atoms with Gasteiger partial charge in [0, 0.05) is 49.6 Å². The van der Waals surface area contributed by atoms with E-state index >= 15 is 0 Å². The first-order valence-electron chi connectivity index (χ1n) is 13.4. The van der Waals surface area contributed by atoms with Crippen molar-refractivity contribution in [2.24, 2.45) is 11.0 Å². The summed E-state index contributed by atoms with van der Waals surface area (Å²) in [4.78, 5) is 31.0. The zero-order valence-electron chi connectivity index (χ0n) is 22.5. The smallest absolute Gasteiger partial charge is 0.262 e. The van der Waals surface area contributed by atoms with Crippen LogP contribution < -0.4 is 9.47 Å². The minimum absolute atomic E-state index is 0.00428. The van der Waals surface area contributed by atoms with Crippen LogP contribution in [0.4, 0.5) is 4.39 Å². The van der Waals surface area contributed by atoms with Gasteiger partial charge in [0.25, 0.3) is 5.91 Å².